The van der Waals surface area contributed by atoms with E-state index in [4.69, 9.17) is 4.98 Å². The third-order valence-corrected chi connectivity index (χ3v) is 10.6. The first-order valence-corrected chi connectivity index (χ1v) is 18.3. The number of nitrogens with zero attached hydrogens (tertiary/aromatic N) is 3. The monoisotopic (exact) mass is 673 g/mol. The zero-order valence-electron chi connectivity index (χ0n) is 30.8. The van der Waals surface area contributed by atoms with Crippen LogP contribution >= 0.6 is 0 Å². The molecule has 3 heterocycles. The van der Waals surface area contributed by atoms with E-state index < -0.39 is 0 Å². The zero-order chi connectivity index (χ0) is 35.8. The van der Waals surface area contributed by atoms with Gasteiger partial charge in [-0.3, -0.25) is 0 Å². The summed E-state index contributed by atoms with van der Waals surface area (Å²) in [6, 6.07) is 55.4. The Labute approximate surface area is 305 Å². The predicted octanol–water partition coefficient (Wildman–Crippen LogP) is 13.2. The van der Waals surface area contributed by atoms with Crippen molar-refractivity contribution in [3.63, 3.8) is 0 Å². The first-order chi connectivity index (χ1) is 25.0. The number of rotatable bonds is 4. The largest absolute Gasteiger partial charge is 0.309 e. The van der Waals surface area contributed by atoms with Crippen LogP contribution < -0.4 is 0 Å². The lowest BCUT2D eigenvalue weighted by molar-refractivity contribution is 0.590. The molecule has 0 N–H and O–H groups in total. The van der Waals surface area contributed by atoms with Crippen LogP contribution in [0.3, 0.4) is 0 Å². The first-order valence-electron chi connectivity index (χ1n) is 18.3. The predicted molar refractivity (Wildman–Crippen MR) is 221 cm³/mol. The molecule has 0 unspecified atom stereocenters. The minimum atomic E-state index is 0.0515. The molecule has 0 aliphatic carbocycles. The van der Waals surface area contributed by atoms with E-state index in [1.165, 1.54) is 54.7 Å². The molecule has 3 nitrogen and oxygen atoms in total. The number of hydrogen-bond donors (Lipinski definition) is 0. The van der Waals surface area contributed by atoms with E-state index in [2.05, 4.69) is 202 Å². The van der Waals surface area contributed by atoms with Gasteiger partial charge in [0.2, 0.25) is 0 Å². The second-order valence-corrected chi connectivity index (χ2v) is 16.2. The maximum absolute atomic E-state index is 5.28. The quantitative estimate of drug-likeness (QED) is 0.182. The molecule has 0 bridgehead atoms. The Morgan fingerprint density at radius 2 is 0.769 bits per heavy atom. The summed E-state index contributed by atoms with van der Waals surface area (Å²) in [5.74, 6) is 0. The van der Waals surface area contributed by atoms with E-state index >= 15 is 0 Å². The highest BCUT2D eigenvalue weighted by molar-refractivity contribution is 6.10. The Hall–Kier alpha value is -5.93. The van der Waals surface area contributed by atoms with E-state index in [1.807, 2.05) is 0 Å². The van der Waals surface area contributed by atoms with Gasteiger partial charge in [-0.1, -0.05) is 133 Å². The van der Waals surface area contributed by atoms with Gasteiger partial charge in [-0.05, 0) is 82.6 Å². The van der Waals surface area contributed by atoms with E-state index in [-0.39, 0.29) is 10.8 Å². The summed E-state index contributed by atoms with van der Waals surface area (Å²) in [4.78, 5) is 5.28. The molecule has 0 aliphatic heterocycles. The molecule has 9 rings (SSSR count). The summed E-state index contributed by atoms with van der Waals surface area (Å²) < 4.78 is 4.82. The van der Waals surface area contributed by atoms with Gasteiger partial charge in [0.1, 0.15) is 0 Å². The molecule has 0 spiro atoms. The molecule has 254 valence electrons. The van der Waals surface area contributed by atoms with Gasteiger partial charge < -0.3 is 9.13 Å². The molecule has 9 aromatic rings. The first kappa shape index (κ1) is 32.0. The molecule has 0 fully saturated rings. The van der Waals surface area contributed by atoms with Crippen LogP contribution in [0.4, 0.5) is 0 Å². The van der Waals surface area contributed by atoms with E-state index in [9.17, 15) is 0 Å². The smallest absolute Gasteiger partial charge is 0.0710 e. The Balaban J connectivity index is 1.15. The second-order valence-electron chi connectivity index (χ2n) is 16.2. The summed E-state index contributed by atoms with van der Waals surface area (Å²) in [5.41, 5.74) is 14.0. The molecule has 3 aromatic heterocycles. The molecule has 6 aromatic carbocycles. The molecule has 52 heavy (non-hydrogen) atoms. The number of benzene rings is 6. The number of para-hydroxylation sites is 2. The highest BCUT2D eigenvalue weighted by atomic mass is 15.0. The van der Waals surface area contributed by atoms with Gasteiger partial charge in [0.15, 0.2) is 0 Å². The van der Waals surface area contributed by atoms with Crippen molar-refractivity contribution in [2.45, 2.75) is 52.4 Å². The molecule has 0 saturated heterocycles. The maximum atomic E-state index is 5.28. The van der Waals surface area contributed by atoms with Crippen molar-refractivity contribution in [2.24, 2.45) is 0 Å². The van der Waals surface area contributed by atoms with E-state index in [0.29, 0.717) is 0 Å². The average Bonchev–Trinajstić information content (AvgIpc) is 3.66. The molecule has 0 atom stereocenters. The summed E-state index contributed by atoms with van der Waals surface area (Å²) in [5, 5.41) is 5.07. The Morgan fingerprint density at radius 3 is 1.21 bits per heavy atom. The van der Waals surface area contributed by atoms with Crippen LogP contribution in [0.25, 0.3) is 77.5 Å². The molecular formula is C49H43N3. The van der Waals surface area contributed by atoms with Gasteiger partial charge in [0, 0.05) is 44.0 Å². The average molecular weight is 674 g/mol. The fraction of sp³-hybridized carbons (Fsp3) is 0.163. The minimum absolute atomic E-state index is 0.0515. The fourth-order valence-corrected chi connectivity index (χ4v) is 7.80. The third kappa shape index (κ3) is 5.31. The van der Waals surface area contributed by atoms with Gasteiger partial charge >= 0.3 is 0 Å². The summed E-state index contributed by atoms with van der Waals surface area (Å²) >= 11 is 0. The lowest BCUT2D eigenvalue weighted by Crippen LogP contribution is -2.10. The molecular weight excluding hydrogens is 631 g/mol. The van der Waals surface area contributed by atoms with E-state index in [1.54, 1.807) is 0 Å². The maximum Gasteiger partial charge on any atom is 0.0710 e. The minimum Gasteiger partial charge on any atom is -0.309 e. The Kier molecular flexibility index (Phi) is 7.27. The van der Waals surface area contributed by atoms with Crippen LogP contribution in [0.15, 0.2) is 152 Å². The SMILES string of the molecule is CC(C)(C)c1ccc2c3ccccc3n(-c3cccc(-c4cccc(-c5cccc(-n6c7ccccc7c7ccc(C(C)(C)C)cc76)c5)n4)c3)c2c1. The van der Waals surface area contributed by atoms with Crippen molar-refractivity contribution < 1.29 is 0 Å². The van der Waals surface area contributed by atoms with E-state index in [0.717, 1.165) is 33.9 Å². The van der Waals surface area contributed by atoms with Crippen molar-refractivity contribution in [2.75, 3.05) is 0 Å². The van der Waals surface area contributed by atoms with Crippen molar-refractivity contribution in [1.82, 2.24) is 14.1 Å². The van der Waals surface area contributed by atoms with Gasteiger partial charge in [-0.2, -0.15) is 0 Å². The summed E-state index contributed by atoms with van der Waals surface area (Å²) in [6.45, 7) is 13.7. The lowest BCUT2D eigenvalue weighted by Gasteiger charge is -2.19. The number of fused-ring (bicyclic) bond motifs is 6. The number of aromatic nitrogens is 3. The van der Waals surface area contributed by atoms with Crippen LogP contribution in [0, 0.1) is 0 Å². The molecule has 0 aliphatic rings. The standard InChI is InChI=1S/C49H43N3/c1-48(2,3)34-24-26-40-38-18-7-9-22-44(38)51(46(40)30-34)36-16-11-14-32(28-36)42-20-13-21-43(50-42)33-15-12-17-37(29-33)52-45-23-10-8-19-39(45)41-27-25-35(31-47(41)52)49(4,5)6/h7-31H,1-6H3. The summed E-state index contributed by atoms with van der Waals surface area (Å²) in [6.07, 6.45) is 0. The van der Waals surface area contributed by atoms with Crippen LogP contribution in [0.1, 0.15) is 52.7 Å². The van der Waals surface area contributed by atoms with Crippen LogP contribution in [0.5, 0.6) is 0 Å². The Morgan fingerprint density at radius 1 is 0.365 bits per heavy atom. The van der Waals surface area contributed by atoms with Gasteiger partial charge in [-0.15, -0.1) is 0 Å². The summed E-state index contributed by atoms with van der Waals surface area (Å²) in [7, 11) is 0. The van der Waals surface area contributed by atoms with Crippen molar-refractivity contribution >= 4 is 43.6 Å². The highest BCUT2D eigenvalue weighted by Crippen LogP contribution is 2.38. The second kappa shape index (κ2) is 11.8. The Bertz CT molecular complexity index is 2620. The topological polar surface area (TPSA) is 22.8 Å². The van der Waals surface area contributed by atoms with Crippen molar-refractivity contribution in [3.05, 3.63) is 163 Å². The van der Waals surface area contributed by atoms with Crippen molar-refractivity contribution in [3.8, 4) is 33.9 Å². The molecule has 3 heteroatoms. The number of hydrogen-bond acceptors (Lipinski definition) is 1. The van der Waals surface area contributed by atoms with Gasteiger partial charge in [-0.25, -0.2) is 4.98 Å². The van der Waals surface area contributed by atoms with Gasteiger partial charge in [0.05, 0.1) is 33.5 Å². The van der Waals surface area contributed by atoms with Crippen LogP contribution in [-0.2, 0) is 10.8 Å². The zero-order valence-corrected chi connectivity index (χ0v) is 30.8. The van der Waals surface area contributed by atoms with Crippen LogP contribution in [-0.4, -0.2) is 14.1 Å². The molecule has 0 amide bonds. The lowest BCUT2D eigenvalue weighted by atomic mass is 9.86. The van der Waals surface area contributed by atoms with Crippen molar-refractivity contribution in [1.29, 1.82) is 0 Å². The normalized spacial score (nSPS) is 12.4. The van der Waals surface area contributed by atoms with Gasteiger partial charge in [0.25, 0.3) is 0 Å². The third-order valence-electron chi connectivity index (χ3n) is 10.6. The molecule has 0 radical (unpaired) electrons. The number of pyridine rings is 1. The highest BCUT2D eigenvalue weighted by Gasteiger charge is 2.20. The molecule has 0 saturated carbocycles. The fourth-order valence-electron chi connectivity index (χ4n) is 7.80. The van der Waals surface area contributed by atoms with Crippen LogP contribution in [0.2, 0.25) is 0 Å².